The highest BCUT2D eigenvalue weighted by atomic mass is 16.7. The Morgan fingerprint density at radius 2 is 2.05 bits per heavy atom. The molecule has 3 rings (SSSR count). The summed E-state index contributed by atoms with van der Waals surface area (Å²) in [5.74, 6) is 1.25. The molecule has 0 radical (unpaired) electrons. The summed E-state index contributed by atoms with van der Waals surface area (Å²) in [7, 11) is 0. The number of hydrogen-bond donors (Lipinski definition) is 0. The Labute approximate surface area is 120 Å². The summed E-state index contributed by atoms with van der Waals surface area (Å²) < 4.78 is 10.5. The SMILES string of the molecule is O=C(C=CC=Cc1ccc2c(c1)OCO2)c1ccnnn1. The van der Waals surface area contributed by atoms with E-state index in [1.54, 1.807) is 12.2 Å². The number of hydrogen-bond acceptors (Lipinski definition) is 6. The number of benzene rings is 1. The largest absolute Gasteiger partial charge is 0.454 e. The van der Waals surface area contributed by atoms with Gasteiger partial charge in [-0.15, -0.1) is 10.2 Å². The fourth-order valence-corrected chi connectivity index (χ4v) is 1.78. The van der Waals surface area contributed by atoms with Crippen LogP contribution in [0.1, 0.15) is 16.1 Å². The molecule has 104 valence electrons. The molecule has 0 fully saturated rings. The third kappa shape index (κ3) is 3.11. The molecule has 0 saturated heterocycles. The second kappa shape index (κ2) is 5.96. The highest BCUT2D eigenvalue weighted by Gasteiger charge is 2.11. The van der Waals surface area contributed by atoms with E-state index in [1.165, 1.54) is 18.3 Å². The fraction of sp³-hybridized carbons (Fsp3) is 0.0667. The first kappa shape index (κ1) is 13.0. The normalized spacial score (nSPS) is 13.1. The van der Waals surface area contributed by atoms with Crippen molar-refractivity contribution >= 4 is 11.9 Å². The van der Waals surface area contributed by atoms with Crippen molar-refractivity contribution in [3.05, 3.63) is 59.9 Å². The molecule has 1 aromatic carbocycles. The van der Waals surface area contributed by atoms with E-state index in [0.717, 1.165) is 17.1 Å². The van der Waals surface area contributed by atoms with Crippen molar-refractivity contribution in [3.8, 4) is 11.5 Å². The minimum Gasteiger partial charge on any atom is -0.454 e. The lowest BCUT2D eigenvalue weighted by molar-refractivity contribution is 0.104. The lowest BCUT2D eigenvalue weighted by Crippen LogP contribution is -2.00. The van der Waals surface area contributed by atoms with Gasteiger partial charge in [-0.25, -0.2) is 0 Å². The van der Waals surface area contributed by atoms with Gasteiger partial charge in [-0.05, 0) is 35.1 Å². The molecule has 0 atom stereocenters. The van der Waals surface area contributed by atoms with E-state index >= 15 is 0 Å². The molecule has 6 heteroatoms. The van der Waals surface area contributed by atoms with Crippen molar-refractivity contribution in [2.45, 2.75) is 0 Å². The maximum Gasteiger partial charge on any atom is 0.231 e. The van der Waals surface area contributed by atoms with Gasteiger partial charge in [0.2, 0.25) is 12.6 Å². The number of carbonyl (C=O) groups excluding carboxylic acids is 1. The van der Waals surface area contributed by atoms with Crippen molar-refractivity contribution in [1.82, 2.24) is 15.4 Å². The van der Waals surface area contributed by atoms with Crippen LogP contribution in [0.25, 0.3) is 6.08 Å². The minimum atomic E-state index is -0.222. The summed E-state index contributed by atoms with van der Waals surface area (Å²) in [6.45, 7) is 0.254. The summed E-state index contributed by atoms with van der Waals surface area (Å²) in [6, 6.07) is 7.15. The van der Waals surface area contributed by atoms with Gasteiger partial charge < -0.3 is 9.47 Å². The van der Waals surface area contributed by atoms with Crippen LogP contribution in [0.5, 0.6) is 11.5 Å². The van der Waals surface area contributed by atoms with E-state index in [4.69, 9.17) is 9.47 Å². The van der Waals surface area contributed by atoms with Crippen LogP contribution in [0.2, 0.25) is 0 Å². The molecule has 2 heterocycles. The van der Waals surface area contributed by atoms with Gasteiger partial charge in [0.05, 0.1) is 6.20 Å². The van der Waals surface area contributed by atoms with Crippen LogP contribution < -0.4 is 9.47 Å². The first-order valence-electron chi connectivity index (χ1n) is 6.26. The molecule has 6 nitrogen and oxygen atoms in total. The zero-order valence-electron chi connectivity index (χ0n) is 11.0. The number of nitrogens with zero attached hydrogens (tertiary/aromatic N) is 3. The Kier molecular flexibility index (Phi) is 3.68. The number of ether oxygens (including phenoxy) is 2. The number of rotatable bonds is 4. The molecule has 0 unspecified atom stereocenters. The Bertz CT molecular complexity index is 711. The van der Waals surface area contributed by atoms with E-state index in [1.807, 2.05) is 24.3 Å². The zero-order chi connectivity index (χ0) is 14.5. The van der Waals surface area contributed by atoms with Crippen LogP contribution in [0.15, 0.2) is 48.7 Å². The number of allylic oxidation sites excluding steroid dienone is 3. The fourth-order valence-electron chi connectivity index (χ4n) is 1.78. The van der Waals surface area contributed by atoms with E-state index in [0.29, 0.717) is 0 Å². The Hall–Kier alpha value is -3.02. The van der Waals surface area contributed by atoms with Gasteiger partial charge in [-0.3, -0.25) is 4.79 Å². The zero-order valence-corrected chi connectivity index (χ0v) is 11.0. The van der Waals surface area contributed by atoms with Crippen molar-refractivity contribution in [3.63, 3.8) is 0 Å². The topological polar surface area (TPSA) is 74.2 Å². The molecule has 0 bridgehead atoms. The Morgan fingerprint density at radius 3 is 2.90 bits per heavy atom. The lowest BCUT2D eigenvalue weighted by atomic mass is 10.2. The maximum atomic E-state index is 11.7. The average molecular weight is 281 g/mol. The van der Waals surface area contributed by atoms with E-state index < -0.39 is 0 Å². The maximum absolute atomic E-state index is 11.7. The smallest absolute Gasteiger partial charge is 0.231 e. The highest BCUT2D eigenvalue weighted by Crippen LogP contribution is 2.32. The second-order valence-corrected chi connectivity index (χ2v) is 4.20. The van der Waals surface area contributed by atoms with Crippen LogP contribution in [-0.4, -0.2) is 28.0 Å². The third-order valence-electron chi connectivity index (χ3n) is 2.80. The van der Waals surface area contributed by atoms with Crippen molar-refractivity contribution < 1.29 is 14.3 Å². The molecule has 1 aromatic heterocycles. The van der Waals surface area contributed by atoms with Crippen molar-refractivity contribution in [2.24, 2.45) is 0 Å². The van der Waals surface area contributed by atoms with Gasteiger partial charge in [0.15, 0.2) is 11.5 Å². The molecular formula is C15H11N3O3. The van der Waals surface area contributed by atoms with Gasteiger partial charge in [0, 0.05) is 0 Å². The Morgan fingerprint density at radius 1 is 1.14 bits per heavy atom. The molecule has 1 aliphatic rings. The number of carbonyl (C=O) groups is 1. The Balaban J connectivity index is 1.64. The van der Waals surface area contributed by atoms with Gasteiger partial charge >= 0.3 is 0 Å². The summed E-state index contributed by atoms with van der Waals surface area (Å²) in [5.41, 5.74) is 1.22. The summed E-state index contributed by atoms with van der Waals surface area (Å²) >= 11 is 0. The molecular weight excluding hydrogens is 270 g/mol. The molecule has 0 aliphatic carbocycles. The van der Waals surface area contributed by atoms with Gasteiger partial charge in [-0.2, -0.15) is 0 Å². The van der Waals surface area contributed by atoms with Gasteiger partial charge in [0.1, 0.15) is 5.69 Å². The number of aromatic nitrogens is 3. The predicted octanol–water partition coefficient (Wildman–Crippen LogP) is 2.05. The number of ketones is 1. The van der Waals surface area contributed by atoms with Gasteiger partial charge in [0.25, 0.3) is 0 Å². The average Bonchev–Trinajstić information content (AvgIpc) is 3.00. The van der Waals surface area contributed by atoms with E-state index in [2.05, 4.69) is 15.4 Å². The van der Waals surface area contributed by atoms with Crippen LogP contribution in [0.4, 0.5) is 0 Å². The summed E-state index contributed by atoms with van der Waals surface area (Å²) in [6.07, 6.45) is 8.13. The minimum absolute atomic E-state index is 0.222. The molecule has 2 aromatic rings. The van der Waals surface area contributed by atoms with Crippen molar-refractivity contribution in [2.75, 3.05) is 6.79 Å². The van der Waals surface area contributed by atoms with Crippen molar-refractivity contribution in [1.29, 1.82) is 0 Å². The molecule has 0 spiro atoms. The molecule has 1 aliphatic heterocycles. The highest BCUT2D eigenvalue weighted by molar-refractivity contribution is 6.02. The van der Waals surface area contributed by atoms with Crippen LogP contribution in [0.3, 0.4) is 0 Å². The predicted molar refractivity (Wildman–Crippen MR) is 74.9 cm³/mol. The first-order chi connectivity index (χ1) is 10.3. The standard InChI is InChI=1S/C15H11N3O3/c19-13(12-7-8-16-18-17-12)4-2-1-3-11-5-6-14-15(9-11)21-10-20-14/h1-9H,10H2. The quantitative estimate of drug-likeness (QED) is 0.485. The molecule has 0 N–H and O–H groups in total. The van der Waals surface area contributed by atoms with Crippen LogP contribution in [0, 0.1) is 0 Å². The van der Waals surface area contributed by atoms with Crippen LogP contribution in [-0.2, 0) is 0 Å². The second-order valence-electron chi connectivity index (χ2n) is 4.20. The molecule has 0 saturated carbocycles. The van der Waals surface area contributed by atoms with Gasteiger partial charge in [-0.1, -0.05) is 24.3 Å². The first-order valence-corrected chi connectivity index (χ1v) is 6.26. The summed E-state index contributed by atoms with van der Waals surface area (Å²) in [5, 5.41) is 10.6. The van der Waals surface area contributed by atoms with E-state index in [-0.39, 0.29) is 18.3 Å². The van der Waals surface area contributed by atoms with E-state index in [9.17, 15) is 4.79 Å². The van der Waals surface area contributed by atoms with Crippen LogP contribution >= 0.6 is 0 Å². The lowest BCUT2D eigenvalue weighted by Gasteiger charge is -1.96. The summed E-state index contributed by atoms with van der Waals surface area (Å²) in [4.78, 5) is 11.7. The molecule has 21 heavy (non-hydrogen) atoms. The molecule has 0 amide bonds. The number of fused-ring (bicyclic) bond motifs is 1. The third-order valence-corrected chi connectivity index (χ3v) is 2.80. The monoisotopic (exact) mass is 281 g/mol.